The third-order valence-corrected chi connectivity index (χ3v) is 2.08. The van der Waals surface area contributed by atoms with Crippen LogP contribution in [0.4, 0.5) is 5.69 Å². The zero-order chi connectivity index (χ0) is 12.1. The van der Waals surface area contributed by atoms with Gasteiger partial charge in [0.05, 0.1) is 7.11 Å². The summed E-state index contributed by atoms with van der Waals surface area (Å²) < 4.78 is 4.49. The Balaban J connectivity index is 2.65. The smallest absolute Gasteiger partial charge is 0.328 e. The molecule has 0 aliphatic rings. The van der Waals surface area contributed by atoms with E-state index in [9.17, 15) is 9.59 Å². The zero-order valence-electron chi connectivity index (χ0n) is 9.19. The number of nitrogen functional groups attached to an aromatic ring is 1. The van der Waals surface area contributed by atoms with Crippen molar-refractivity contribution in [3.63, 3.8) is 0 Å². The van der Waals surface area contributed by atoms with Gasteiger partial charge in [-0.2, -0.15) is 0 Å². The summed E-state index contributed by atoms with van der Waals surface area (Å²) in [7, 11) is 1.27. The lowest BCUT2D eigenvalue weighted by atomic mass is 10.2. The molecule has 0 aliphatic carbocycles. The third-order valence-electron chi connectivity index (χ3n) is 2.08. The number of methoxy groups -OCH3 is 1. The van der Waals surface area contributed by atoms with Crippen LogP contribution in [0.2, 0.25) is 0 Å². The number of carbonyl (C=O) groups excluding carboxylic acids is 2. The first-order chi connectivity index (χ1) is 7.54. The van der Waals surface area contributed by atoms with E-state index in [-0.39, 0.29) is 5.91 Å². The second-order valence-corrected chi connectivity index (χ2v) is 3.34. The molecule has 3 N–H and O–H groups in total. The number of esters is 1. The van der Waals surface area contributed by atoms with Crippen molar-refractivity contribution in [1.29, 1.82) is 0 Å². The maximum absolute atomic E-state index is 11.6. The first kappa shape index (κ1) is 12.0. The van der Waals surface area contributed by atoms with Crippen molar-refractivity contribution in [3.05, 3.63) is 29.8 Å². The summed E-state index contributed by atoms with van der Waals surface area (Å²) >= 11 is 0. The number of hydrogen-bond acceptors (Lipinski definition) is 4. The van der Waals surface area contributed by atoms with Crippen LogP contribution >= 0.6 is 0 Å². The topological polar surface area (TPSA) is 81.4 Å². The van der Waals surface area contributed by atoms with Crippen molar-refractivity contribution >= 4 is 17.6 Å². The Labute approximate surface area is 93.6 Å². The van der Waals surface area contributed by atoms with E-state index in [0.29, 0.717) is 11.3 Å². The minimum absolute atomic E-state index is 0.335. The minimum Gasteiger partial charge on any atom is -0.467 e. The van der Waals surface area contributed by atoms with Crippen LogP contribution in [0.25, 0.3) is 0 Å². The minimum atomic E-state index is -0.671. The lowest BCUT2D eigenvalue weighted by Crippen LogP contribution is -2.39. The monoisotopic (exact) mass is 222 g/mol. The van der Waals surface area contributed by atoms with E-state index in [1.54, 1.807) is 31.2 Å². The number of nitrogens with two attached hydrogens (primary N) is 1. The highest BCUT2D eigenvalue weighted by molar-refractivity contribution is 5.96. The highest BCUT2D eigenvalue weighted by Crippen LogP contribution is 2.05. The summed E-state index contributed by atoms with van der Waals surface area (Å²) in [6.07, 6.45) is 0. The Bertz CT molecular complexity index is 387. The van der Waals surface area contributed by atoms with E-state index in [4.69, 9.17) is 5.73 Å². The molecule has 1 rings (SSSR count). The Hall–Kier alpha value is -2.04. The second-order valence-electron chi connectivity index (χ2n) is 3.34. The molecule has 0 fully saturated rings. The van der Waals surface area contributed by atoms with Crippen molar-refractivity contribution in [3.8, 4) is 0 Å². The van der Waals surface area contributed by atoms with Gasteiger partial charge in [0, 0.05) is 11.3 Å². The SMILES string of the molecule is COC(=O)C(C)NC(=O)c1ccc(N)cc1. The average Bonchev–Trinajstić information content (AvgIpc) is 2.28. The molecule has 1 amide bonds. The summed E-state index contributed by atoms with van der Waals surface area (Å²) in [5.74, 6) is -0.818. The molecule has 16 heavy (non-hydrogen) atoms. The third kappa shape index (κ3) is 2.98. The summed E-state index contributed by atoms with van der Waals surface area (Å²) in [6, 6.07) is 5.76. The second kappa shape index (κ2) is 5.16. The van der Waals surface area contributed by atoms with E-state index in [1.165, 1.54) is 7.11 Å². The van der Waals surface area contributed by atoms with Crippen molar-refractivity contribution in [2.75, 3.05) is 12.8 Å². The van der Waals surface area contributed by atoms with Crippen LogP contribution in [-0.2, 0) is 9.53 Å². The number of amides is 1. The average molecular weight is 222 g/mol. The molecule has 1 atom stereocenters. The van der Waals surface area contributed by atoms with Crippen molar-refractivity contribution < 1.29 is 14.3 Å². The number of anilines is 1. The number of hydrogen-bond donors (Lipinski definition) is 2. The Morgan fingerprint density at radius 3 is 2.38 bits per heavy atom. The van der Waals surface area contributed by atoms with Crippen molar-refractivity contribution in [2.24, 2.45) is 0 Å². The normalized spacial score (nSPS) is 11.6. The number of rotatable bonds is 3. The summed E-state index contributed by atoms with van der Waals surface area (Å²) in [6.45, 7) is 1.56. The molecule has 1 unspecified atom stereocenters. The summed E-state index contributed by atoms with van der Waals surface area (Å²) in [5, 5.41) is 2.51. The van der Waals surface area contributed by atoms with Gasteiger partial charge in [0.15, 0.2) is 0 Å². The number of benzene rings is 1. The fraction of sp³-hybridized carbons (Fsp3) is 0.273. The van der Waals surface area contributed by atoms with E-state index in [2.05, 4.69) is 10.1 Å². The Morgan fingerprint density at radius 1 is 1.31 bits per heavy atom. The molecule has 1 aromatic carbocycles. The van der Waals surface area contributed by atoms with Gasteiger partial charge in [-0.05, 0) is 31.2 Å². The highest BCUT2D eigenvalue weighted by atomic mass is 16.5. The Kier molecular flexibility index (Phi) is 3.88. The van der Waals surface area contributed by atoms with Gasteiger partial charge < -0.3 is 15.8 Å². The predicted octanol–water partition coefficient (Wildman–Crippen LogP) is 0.560. The lowest BCUT2D eigenvalue weighted by molar-refractivity contribution is -0.142. The van der Waals surface area contributed by atoms with Gasteiger partial charge in [0.25, 0.3) is 5.91 Å². The molecule has 0 radical (unpaired) electrons. The van der Waals surface area contributed by atoms with E-state index in [0.717, 1.165) is 0 Å². The molecule has 0 heterocycles. The molecule has 0 aromatic heterocycles. The molecule has 86 valence electrons. The number of carbonyl (C=O) groups is 2. The molecule has 0 spiro atoms. The van der Waals surface area contributed by atoms with Crippen LogP contribution in [0.15, 0.2) is 24.3 Å². The Morgan fingerprint density at radius 2 is 1.88 bits per heavy atom. The summed E-state index contributed by atoms with van der Waals surface area (Å²) in [5.41, 5.74) is 6.52. The molecule has 0 aliphatic heterocycles. The molecule has 5 heteroatoms. The largest absolute Gasteiger partial charge is 0.467 e. The van der Waals surface area contributed by atoms with Crippen molar-refractivity contribution in [1.82, 2.24) is 5.32 Å². The molecule has 0 bridgehead atoms. The van der Waals surface area contributed by atoms with Gasteiger partial charge in [-0.15, -0.1) is 0 Å². The van der Waals surface area contributed by atoms with Gasteiger partial charge in [-0.3, -0.25) is 4.79 Å². The first-order valence-corrected chi connectivity index (χ1v) is 4.79. The fourth-order valence-electron chi connectivity index (χ4n) is 1.15. The van der Waals surface area contributed by atoms with Gasteiger partial charge in [-0.1, -0.05) is 0 Å². The highest BCUT2D eigenvalue weighted by Gasteiger charge is 2.16. The van der Waals surface area contributed by atoms with Crippen LogP contribution in [0.5, 0.6) is 0 Å². The molecule has 0 saturated carbocycles. The van der Waals surface area contributed by atoms with Crippen LogP contribution in [0.1, 0.15) is 17.3 Å². The van der Waals surface area contributed by atoms with E-state index in [1.807, 2.05) is 0 Å². The molecule has 0 saturated heterocycles. The fourth-order valence-corrected chi connectivity index (χ4v) is 1.15. The zero-order valence-corrected chi connectivity index (χ0v) is 9.19. The number of ether oxygens (including phenoxy) is 1. The molecular weight excluding hydrogens is 208 g/mol. The molecule has 5 nitrogen and oxygen atoms in total. The maximum atomic E-state index is 11.6. The van der Waals surface area contributed by atoms with Crippen molar-refractivity contribution in [2.45, 2.75) is 13.0 Å². The quantitative estimate of drug-likeness (QED) is 0.578. The number of nitrogens with one attached hydrogen (secondary N) is 1. The van der Waals surface area contributed by atoms with Crippen LogP contribution in [0.3, 0.4) is 0 Å². The maximum Gasteiger partial charge on any atom is 0.328 e. The standard InChI is InChI=1S/C11H14N2O3/c1-7(11(15)16-2)13-10(14)8-3-5-9(12)6-4-8/h3-7H,12H2,1-2H3,(H,13,14). The van der Waals surface area contributed by atoms with E-state index < -0.39 is 12.0 Å². The van der Waals surface area contributed by atoms with Crippen LogP contribution in [0, 0.1) is 0 Å². The van der Waals surface area contributed by atoms with Crippen LogP contribution < -0.4 is 11.1 Å². The molecular formula is C11H14N2O3. The van der Waals surface area contributed by atoms with Gasteiger partial charge in [0.2, 0.25) is 0 Å². The van der Waals surface area contributed by atoms with Gasteiger partial charge in [-0.25, -0.2) is 4.79 Å². The lowest BCUT2D eigenvalue weighted by Gasteiger charge is -2.11. The van der Waals surface area contributed by atoms with Crippen LogP contribution in [-0.4, -0.2) is 25.0 Å². The summed E-state index contributed by atoms with van der Waals surface area (Å²) in [4.78, 5) is 22.7. The predicted molar refractivity (Wildman–Crippen MR) is 59.8 cm³/mol. The van der Waals surface area contributed by atoms with Gasteiger partial charge >= 0.3 is 5.97 Å². The first-order valence-electron chi connectivity index (χ1n) is 4.79. The molecule has 1 aromatic rings. The van der Waals surface area contributed by atoms with E-state index >= 15 is 0 Å². The van der Waals surface area contributed by atoms with Gasteiger partial charge in [0.1, 0.15) is 6.04 Å².